The van der Waals surface area contributed by atoms with Crippen LogP contribution in [0.5, 0.6) is 0 Å². The van der Waals surface area contributed by atoms with Crippen molar-refractivity contribution in [2.45, 2.75) is 94.2 Å². The molecule has 0 spiro atoms. The summed E-state index contributed by atoms with van der Waals surface area (Å²) < 4.78 is 87.2. The topological polar surface area (TPSA) is 87.2 Å². The molecule has 0 bridgehead atoms. The number of benzene rings is 2. The summed E-state index contributed by atoms with van der Waals surface area (Å²) in [4.78, 5) is 0. The average molecular weight is 580 g/mol. The second-order valence-corrected chi connectivity index (χ2v) is 12.9. The Hall–Kier alpha value is -2.50. The van der Waals surface area contributed by atoms with E-state index in [9.17, 15) is 26.0 Å². The molecule has 2 N–H and O–H groups in total. The molecule has 6 rings (SSSR count). The fourth-order valence-electron chi connectivity index (χ4n) is 7.74. The SMILES string of the molecule is CCC12CCC(OS(N)(=O)=O)(C(F)(F)F)CC1CCCc1c2cc2cnn(-c3ccc(F)cc3)c2c1C1CCC1. The predicted octanol–water partition coefficient (Wildman–Crippen LogP) is 6.74. The van der Waals surface area contributed by atoms with E-state index in [1.807, 2.05) is 11.6 Å². The highest BCUT2D eigenvalue weighted by Gasteiger charge is 2.64. The van der Waals surface area contributed by atoms with Gasteiger partial charge in [0.05, 0.1) is 17.4 Å². The molecule has 3 unspecified atom stereocenters. The first-order valence-corrected chi connectivity index (χ1v) is 15.4. The Bertz CT molecular complexity index is 1550. The maximum Gasteiger partial charge on any atom is 0.418 e. The molecule has 1 aromatic heterocycles. The van der Waals surface area contributed by atoms with E-state index in [4.69, 9.17) is 9.32 Å². The molecule has 2 fully saturated rings. The number of nitrogens with zero attached hydrogens (tertiary/aromatic N) is 2. The number of halogens is 4. The highest BCUT2D eigenvalue weighted by atomic mass is 32.2. The quantitative estimate of drug-likeness (QED) is 0.339. The Balaban J connectivity index is 1.53. The predicted molar refractivity (Wildman–Crippen MR) is 143 cm³/mol. The van der Waals surface area contributed by atoms with E-state index < -0.39 is 46.3 Å². The number of hydrogen-bond acceptors (Lipinski definition) is 4. The van der Waals surface area contributed by atoms with Gasteiger partial charge in [-0.3, -0.25) is 0 Å². The van der Waals surface area contributed by atoms with Crippen LogP contribution >= 0.6 is 0 Å². The van der Waals surface area contributed by atoms with E-state index in [1.54, 1.807) is 18.3 Å². The molecule has 3 atom stereocenters. The summed E-state index contributed by atoms with van der Waals surface area (Å²) in [7, 11) is -4.82. The van der Waals surface area contributed by atoms with Crippen LogP contribution < -0.4 is 5.14 Å². The number of rotatable bonds is 5. The molecule has 216 valence electrons. The second kappa shape index (κ2) is 9.52. The summed E-state index contributed by atoms with van der Waals surface area (Å²) in [5.74, 6) is -0.444. The first-order valence-electron chi connectivity index (χ1n) is 14.0. The Morgan fingerprint density at radius 3 is 2.45 bits per heavy atom. The van der Waals surface area contributed by atoms with Gasteiger partial charge in [-0.15, -0.1) is 0 Å². The molecule has 40 heavy (non-hydrogen) atoms. The molecule has 3 aromatic rings. The van der Waals surface area contributed by atoms with Gasteiger partial charge < -0.3 is 0 Å². The summed E-state index contributed by atoms with van der Waals surface area (Å²) in [6, 6.07) is 8.31. The van der Waals surface area contributed by atoms with Crippen LogP contribution in [0, 0.1) is 11.7 Å². The fraction of sp³-hybridized carbons (Fsp3) is 0.552. The fourth-order valence-corrected chi connectivity index (χ4v) is 8.43. The maximum atomic E-state index is 14.5. The van der Waals surface area contributed by atoms with Gasteiger partial charge in [0.25, 0.3) is 0 Å². The van der Waals surface area contributed by atoms with Crippen molar-refractivity contribution in [2.24, 2.45) is 11.1 Å². The second-order valence-electron chi connectivity index (χ2n) is 11.8. The van der Waals surface area contributed by atoms with Crippen molar-refractivity contribution in [2.75, 3.05) is 0 Å². The molecule has 3 aliphatic carbocycles. The van der Waals surface area contributed by atoms with Crippen LogP contribution in [0.3, 0.4) is 0 Å². The van der Waals surface area contributed by atoms with Crippen LogP contribution in [0.2, 0.25) is 0 Å². The van der Waals surface area contributed by atoms with Gasteiger partial charge in [-0.05, 0) is 122 Å². The highest BCUT2D eigenvalue weighted by Crippen LogP contribution is 2.59. The van der Waals surface area contributed by atoms with Crippen molar-refractivity contribution in [3.05, 3.63) is 59.0 Å². The summed E-state index contributed by atoms with van der Waals surface area (Å²) >= 11 is 0. The lowest BCUT2D eigenvalue weighted by Gasteiger charge is -2.51. The molecular weight excluding hydrogens is 546 g/mol. The van der Waals surface area contributed by atoms with Gasteiger partial charge in [0, 0.05) is 5.39 Å². The van der Waals surface area contributed by atoms with Gasteiger partial charge >= 0.3 is 16.5 Å². The first kappa shape index (κ1) is 27.7. The van der Waals surface area contributed by atoms with Gasteiger partial charge in [0.1, 0.15) is 5.82 Å². The highest BCUT2D eigenvalue weighted by molar-refractivity contribution is 7.84. The third-order valence-electron chi connectivity index (χ3n) is 9.86. The maximum absolute atomic E-state index is 14.5. The molecule has 2 saturated carbocycles. The van der Waals surface area contributed by atoms with Crippen LogP contribution in [0.1, 0.15) is 87.3 Å². The Morgan fingerprint density at radius 1 is 1.12 bits per heavy atom. The summed E-state index contributed by atoms with van der Waals surface area (Å²) in [6.07, 6.45) is 1.83. The van der Waals surface area contributed by atoms with Gasteiger partial charge in [-0.25, -0.2) is 18.4 Å². The molecule has 0 aliphatic heterocycles. The molecule has 1 heterocycles. The number of nitrogens with two attached hydrogens (primary N) is 1. The molecule has 11 heteroatoms. The third-order valence-corrected chi connectivity index (χ3v) is 10.4. The van der Waals surface area contributed by atoms with E-state index in [2.05, 4.69) is 11.2 Å². The smallest absolute Gasteiger partial charge is 0.242 e. The van der Waals surface area contributed by atoms with E-state index in [-0.39, 0.29) is 12.2 Å². The number of hydrogen-bond donors (Lipinski definition) is 1. The average Bonchev–Trinajstić information content (AvgIpc) is 3.19. The van der Waals surface area contributed by atoms with Crippen molar-refractivity contribution in [3.8, 4) is 5.69 Å². The largest absolute Gasteiger partial charge is 0.418 e. The van der Waals surface area contributed by atoms with Crippen molar-refractivity contribution in [1.82, 2.24) is 9.78 Å². The minimum Gasteiger partial charge on any atom is -0.242 e. The zero-order chi connectivity index (χ0) is 28.5. The van der Waals surface area contributed by atoms with Crippen LogP contribution in [0.4, 0.5) is 17.6 Å². The molecule has 0 radical (unpaired) electrons. The number of alkyl halides is 3. The normalized spacial score (nSPS) is 27.6. The van der Waals surface area contributed by atoms with Crippen LogP contribution in [0.15, 0.2) is 36.5 Å². The minimum absolute atomic E-state index is 0.137. The summed E-state index contributed by atoms with van der Waals surface area (Å²) in [5, 5.41) is 10.6. The molecule has 0 amide bonds. The van der Waals surface area contributed by atoms with Gasteiger partial charge in [-0.2, -0.15) is 26.7 Å². The Labute approximate surface area is 231 Å². The lowest BCUT2D eigenvalue weighted by atomic mass is 9.56. The Morgan fingerprint density at radius 2 is 1.85 bits per heavy atom. The van der Waals surface area contributed by atoms with Gasteiger partial charge in [-0.1, -0.05) is 13.3 Å². The van der Waals surface area contributed by atoms with E-state index in [1.165, 1.54) is 23.3 Å². The van der Waals surface area contributed by atoms with Crippen LogP contribution in [-0.2, 0) is 26.3 Å². The van der Waals surface area contributed by atoms with Crippen LogP contribution in [0.25, 0.3) is 16.6 Å². The molecular formula is C29H33F4N3O3S. The lowest BCUT2D eigenvalue weighted by Crippen LogP contribution is -2.57. The zero-order valence-electron chi connectivity index (χ0n) is 22.3. The van der Waals surface area contributed by atoms with E-state index in [0.29, 0.717) is 25.2 Å². The van der Waals surface area contributed by atoms with Crippen molar-refractivity contribution < 1.29 is 30.2 Å². The minimum atomic E-state index is -4.88. The standard InChI is InChI=1S/C29H33F4N3O3S/c1-2-27-13-14-28(29(31,32)33,39-40(34,37)38)16-20(27)7-4-8-23-24(27)15-19-17-35-36(22-11-9-21(30)10-12-22)26(19)25(23)18-5-3-6-18/h9-12,15,17-18,20H,2-8,13-14,16H2,1H3,(H2,34,37,38). The first-order chi connectivity index (χ1) is 18.9. The molecule has 6 nitrogen and oxygen atoms in total. The van der Waals surface area contributed by atoms with Crippen molar-refractivity contribution in [1.29, 1.82) is 0 Å². The van der Waals surface area contributed by atoms with E-state index in [0.717, 1.165) is 47.8 Å². The van der Waals surface area contributed by atoms with Gasteiger partial charge in [0.15, 0.2) is 5.60 Å². The number of fused-ring (bicyclic) bond motifs is 4. The number of aromatic nitrogens is 2. The monoisotopic (exact) mass is 579 g/mol. The van der Waals surface area contributed by atoms with Crippen molar-refractivity contribution in [3.63, 3.8) is 0 Å². The van der Waals surface area contributed by atoms with Crippen molar-refractivity contribution >= 4 is 21.2 Å². The molecule has 3 aliphatic rings. The third kappa shape index (κ3) is 4.36. The molecule has 2 aromatic carbocycles. The molecule has 0 saturated heterocycles. The zero-order valence-corrected chi connectivity index (χ0v) is 23.1. The van der Waals surface area contributed by atoms with E-state index >= 15 is 0 Å². The van der Waals surface area contributed by atoms with Gasteiger partial charge in [0.2, 0.25) is 0 Å². The summed E-state index contributed by atoms with van der Waals surface area (Å²) in [6.45, 7) is 2.01. The lowest BCUT2D eigenvalue weighted by molar-refractivity contribution is -0.266. The Kier molecular flexibility index (Phi) is 6.59. The summed E-state index contributed by atoms with van der Waals surface area (Å²) in [5.41, 5.74) is 1.81. The van der Waals surface area contributed by atoms with Crippen LogP contribution in [-0.4, -0.2) is 30.0 Å².